The third-order valence-electron chi connectivity index (χ3n) is 8.43. The maximum Gasteiger partial charge on any atom is 0.253 e. The molecular formula is C32H44N6O3. The van der Waals surface area contributed by atoms with Gasteiger partial charge in [0.15, 0.2) is 0 Å². The van der Waals surface area contributed by atoms with Crippen molar-refractivity contribution in [3.8, 4) is 11.3 Å². The predicted octanol–water partition coefficient (Wildman–Crippen LogP) is 4.40. The van der Waals surface area contributed by atoms with Crippen LogP contribution < -0.4 is 15.8 Å². The number of nitrogens with zero attached hydrogens (tertiary/aromatic N) is 4. The minimum atomic E-state index is -0.214. The van der Waals surface area contributed by atoms with E-state index in [1.807, 2.05) is 32.9 Å². The lowest BCUT2D eigenvalue weighted by molar-refractivity contribution is 0.0950. The highest BCUT2D eigenvalue weighted by Gasteiger charge is 2.29. The van der Waals surface area contributed by atoms with Crippen LogP contribution in [0, 0.1) is 20.8 Å². The first kappa shape index (κ1) is 30.4. The molecule has 3 aromatic rings. The second kappa shape index (κ2) is 13.9. The van der Waals surface area contributed by atoms with Crippen LogP contribution >= 0.6 is 0 Å². The zero-order chi connectivity index (χ0) is 29.5. The van der Waals surface area contributed by atoms with Crippen molar-refractivity contribution in [1.82, 2.24) is 25.2 Å². The van der Waals surface area contributed by atoms with Crippen molar-refractivity contribution >= 4 is 11.6 Å². The van der Waals surface area contributed by atoms with E-state index in [1.54, 1.807) is 25.7 Å². The van der Waals surface area contributed by atoms with Gasteiger partial charge in [-0.05, 0) is 89.8 Å². The van der Waals surface area contributed by atoms with Crippen LogP contribution in [0.1, 0.15) is 65.3 Å². The Morgan fingerprint density at radius 3 is 2.46 bits per heavy atom. The van der Waals surface area contributed by atoms with E-state index >= 15 is 0 Å². The highest BCUT2D eigenvalue weighted by atomic mass is 16.5. The first-order valence-electron chi connectivity index (χ1n) is 14.6. The molecule has 0 atom stereocenters. The van der Waals surface area contributed by atoms with E-state index in [0.29, 0.717) is 28.9 Å². The molecule has 4 rings (SSSR count). The SMILES string of the molecule is CCN(c1cc(-c2cnccn2)cc(C(=O)NCc2c(C)cc(C)[nH]c2=O)c1C)C1CCC(N(C)CCOC)CC1. The molecule has 220 valence electrons. The Labute approximate surface area is 243 Å². The molecule has 0 unspecified atom stereocenters. The number of hydrogen-bond acceptors (Lipinski definition) is 7. The van der Waals surface area contributed by atoms with Gasteiger partial charge in [0.1, 0.15) is 0 Å². The number of anilines is 1. The predicted molar refractivity (Wildman–Crippen MR) is 163 cm³/mol. The summed E-state index contributed by atoms with van der Waals surface area (Å²) in [5.41, 5.74) is 6.16. The highest BCUT2D eigenvalue weighted by Crippen LogP contribution is 2.35. The molecule has 0 bridgehead atoms. The molecule has 41 heavy (non-hydrogen) atoms. The monoisotopic (exact) mass is 560 g/mol. The van der Waals surface area contributed by atoms with Crippen LogP contribution in [0.15, 0.2) is 41.6 Å². The minimum absolute atomic E-state index is 0.155. The Kier molecular flexibility index (Phi) is 10.3. The van der Waals surface area contributed by atoms with E-state index < -0.39 is 0 Å². The van der Waals surface area contributed by atoms with Gasteiger partial charge in [-0.2, -0.15) is 0 Å². The molecule has 1 fully saturated rings. The molecule has 1 saturated carbocycles. The van der Waals surface area contributed by atoms with Gasteiger partial charge in [0.2, 0.25) is 0 Å². The fourth-order valence-electron chi connectivity index (χ4n) is 6.05. The van der Waals surface area contributed by atoms with Crippen molar-refractivity contribution < 1.29 is 9.53 Å². The lowest BCUT2D eigenvalue weighted by Gasteiger charge is -2.41. The number of aryl methyl sites for hydroxylation is 2. The lowest BCUT2D eigenvalue weighted by Crippen LogP contribution is -2.44. The summed E-state index contributed by atoms with van der Waals surface area (Å²) in [6.07, 6.45) is 9.46. The second-order valence-electron chi connectivity index (χ2n) is 11.1. The van der Waals surface area contributed by atoms with Crippen LogP contribution in [0.2, 0.25) is 0 Å². The average Bonchev–Trinajstić information content (AvgIpc) is 2.97. The number of rotatable bonds is 11. The molecule has 2 aromatic heterocycles. The smallest absolute Gasteiger partial charge is 0.253 e. The second-order valence-corrected chi connectivity index (χ2v) is 11.1. The van der Waals surface area contributed by atoms with Gasteiger partial charge in [-0.1, -0.05) is 0 Å². The van der Waals surface area contributed by atoms with Crippen molar-refractivity contribution in [2.45, 2.75) is 72.0 Å². The zero-order valence-corrected chi connectivity index (χ0v) is 25.3. The number of nitrogens with one attached hydrogen (secondary N) is 2. The summed E-state index contributed by atoms with van der Waals surface area (Å²) >= 11 is 0. The minimum Gasteiger partial charge on any atom is -0.383 e. The Morgan fingerprint density at radius 2 is 1.83 bits per heavy atom. The van der Waals surface area contributed by atoms with Gasteiger partial charge in [0.25, 0.3) is 11.5 Å². The number of benzene rings is 1. The molecule has 2 heterocycles. The number of ether oxygens (including phenoxy) is 1. The van der Waals surface area contributed by atoms with Gasteiger partial charge in [-0.15, -0.1) is 0 Å². The van der Waals surface area contributed by atoms with E-state index in [-0.39, 0.29) is 18.0 Å². The van der Waals surface area contributed by atoms with Gasteiger partial charge < -0.3 is 24.8 Å². The van der Waals surface area contributed by atoms with Crippen molar-refractivity contribution in [3.63, 3.8) is 0 Å². The van der Waals surface area contributed by atoms with Crippen LogP contribution in [-0.2, 0) is 11.3 Å². The van der Waals surface area contributed by atoms with Crippen LogP contribution in [0.25, 0.3) is 11.3 Å². The quantitative estimate of drug-likeness (QED) is 0.358. The van der Waals surface area contributed by atoms with Crippen LogP contribution in [0.3, 0.4) is 0 Å². The first-order valence-corrected chi connectivity index (χ1v) is 14.6. The number of carbonyl (C=O) groups excluding carboxylic acids is 1. The van der Waals surface area contributed by atoms with Gasteiger partial charge >= 0.3 is 0 Å². The number of amides is 1. The lowest BCUT2D eigenvalue weighted by atomic mass is 9.88. The summed E-state index contributed by atoms with van der Waals surface area (Å²) in [4.78, 5) is 42.7. The topological polar surface area (TPSA) is 103 Å². The summed E-state index contributed by atoms with van der Waals surface area (Å²) in [7, 11) is 3.94. The van der Waals surface area contributed by atoms with E-state index in [9.17, 15) is 9.59 Å². The van der Waals surface area contributed by atoms with Crippen molar-refractivity contribution in [3.05, 3.63) is 75.1 Å². The van der Waals surface area contributed by atoms with Gasteiger partial charge in [-0.3, -0.25) is 19.6 Å². The van der Waals surface area contributed by atoms with Crippen LogP contribution in [-0.4, -0.2) is 71.7 Å². The Balaban J connectivity index is 1.62. The third-order valence-corrected chi connectivity index (χ3v) is 8.43. The zero-order valence-electron chi connectivity index (χ0n) is 25.3. The standard InChI is InChI=1S/C32H44N6O3/c1-7-38(26-10-8-25(9-11-26)37(5)14-15-41-6)30-18-24(29-20-33-12-13-34-29)17-27(23(30)4)31(39)35-19-28-21(2)16-22(3)36-32(28)40/h12-13,16-18,20,25-26H,7-11,14-15,19H2,1-6H3,(H,35,39)(H,36,40). The first-order chi connectivity index (χ1) is 19.7. The van der Waals surface area contributed by atoms with Gasteiger partial charge in [-0.25, -0.2) is 0 Å². The number of aromatic nitrogens is 3. The molecule has 9 nitrogen and oxygen atoms in total. The average molecular weight is 561 g/mol. The number of aromatic amines is 1. The van der Waals surface area contributed by atoms with Gasteiger partial charge in [0.05, 0.1) is 18.5 Å². The molecular weight excluding hydrogens is 516 g/mol. The summed E-state index contributed by atoms with van der Waals surface area (Å²) in [5.74, 6) is -0.214. The highest BCUT2D eigenvalue weighted by molar-refractivity contribution is 5.98. The Hall–Kier alpha value is -3.56. The number of hydrogen-bond donors (Lipinski definition) is 2. The third kappa shape index (κ3) is 7.21. The Morgan fingerprint density at radius 1 is 1.10 bits per heavy atom. The van der Waals surface area contributed by atoms with Crippen LogP contribution in [0.4, 0.5) is 5.69 Å². The summed E-state index contributed by atoms with van der Waals surface area (Å²) in [5, 5.41) is 3.01. The molecule has 0 aliphatic heterocycles. The molecule has 9 heteroatoms. The summed E-state index contributed by atoms with van der Waals surface area (Å²) in [6.45, 7) is 10.6. The number of carbonyl (C=O) groups is 1. The largest absolute Gasteiger partial charge is 0.383 e. The molecule has 0 radical (unpaired) electrons. The van der Waals surface area contributed by atoms with E-state index in [4.69, 9.17) is 4.74 Å². The summed E-state index contributed by atoms with van der Waals surface area (Å²) < 4.78 is 5.28. The number of pyridine rings is 1. The normalized spacial score (nSPS) is 17.0. The van der Waals surface area contributed by atoms with Crippen molar-refractivity contribution in [2.24, 2.45) is 0 Å². The maximum absolute atomic E-state index is 13.7. The van der Waals surface area contributed by atoms with Crippen molar-refractivity contribution in [2.75, 3.05) is 38.8 Å². The van der Waals surface area contributed by atoms with Gasteiger partial charge in [0, 0.05) is 79.3 Å². The number of likely N-dealkylation sites (N-methyl/N-ethyl adjacent to an activating group) is 1. The fourth-order valence-corrected chi connectivity index (χ4v) is 6.05. The van der Waals surface area contributed by atoms with Crippen molar-refractivity contribution in [1.29, 1.82) is 0 Å². The Bertz CT molecular complexity index is 1380. The molecule has 0 spiro atoms. The van der Waals surface area contributed by atoms with E-state index in [1.165, 1.54) is 0 Å². The molecule has 2 N–H and O–H groups in total. The van der Waals surface area contributed by atoms with E-state index in [0.717, 1.165) is 73.5 Å². The van der Waals surface area contributed by atoms with E-state index in [2.05, 4.69) is 50.1 Å². The fraction of sp³-hybridized carbons (Fsp3) is 0.500. The maximum atomic E-state index is 13.7. The summed E-state index contributed by atoms with van der Waals surface area (Å²) in [6, 6.07) is 6.89. The molecule has 0 saturated heterocycles. The van der Waals surface area contributed by atoms with Crippen LogP contribution in [0.5, 0.6) is 0 Å². The molecule has 1 amide bonds. The molecule has 1 aromatic carbocycles. The number of H-pyrrole nitrogens is 1. The number of methoxy groups -OCH3 is 1. The molecule has 1 aliphatic carbocycles. The molecule has 1 aliphatic rings.